The zero-order valence-electron chi connectivity index (χ0n) is 13.9. The molecular weight excluding hydrogens is 390 g/mol. The largest absolute Gasteiger partial charge is 2.00 e. The zero-order chi connectivity index (χ0) is 17.7. The molecule has 27 heavy (non-hydrogen) atoms. The maximum absolute atomic E-state index is 10.9. The number of hydrogen-bond acceptors (Lipinski definition) is 3. The molecular formula is C21H13CuN3O2+2. The number of aromatic amines is 1. The van der Waals surface area contributed by atoms with E-state index in [1.807, 2.05) is 24.3 Å². The first-order chi connectivity index (χ1) is 12.7. The van der Waals surface area contributed by atoms with E-state index in [1.165, 1.54) is 17.5 Å². The molecule has 5 aromatic rings. The molecule has 0 aliphatic heterocycles. The fraction of sp³-hybridized carbons (Fsp3) is 0. The Morgan fingerprint density at radius 3 is 1.96 bits per heavy atom. The van der Waals surface area contributed by atoms with E-state index in [9.17, 15) is 10.1 Å². The average Bonchev–Trinajstić information content (AvgIpc) is 3.14. The van der Waals surface area contributed by atoms with Crippen LogP contribution in [0.3, 0.4) is 0 Å². The van der Waals surface area contributed by atoms with E-state index < -0.39 is 4.92 Å². The molecule has 1 aromatic heterocycles. The number of nitrogens with zero attached hydrogens (tertiary/aromatic N) is 2. The summed E-state index contributed by atoms with van der Waals surface area (Å²) in [5.74, 6) is 0.705. The van der Waals surface area contributed by atoms with Gasteiger partial charge in [-0.1, -0.05) is 48.5 Å². The second-order valence-electron chi connectivity index (χ2n) is 6.20. The van der Waals surface area contributed by atoms with Gasteiger partial charge >= 0.3 is 17.1 Å². The van der Waals surface area contributed by atoms with Crippen molar-refractivity contribution in [2.45, 2.75) is 0 Å². The second kappa shape index (κ2) is 6.50. The Morgan fingerprint density at radius 2 is 1.33 bits per heavy atom. The molecule has 0 fully saturated rings. The van der Waals surface area contributed by atoms with Gasteiger partial charge in [0.2, 0.25) is 0 Å². The molecule has 0 saturated heterocycles. The van der Waals surface area contributed by atoms with Crippen LogP contribution in [0.5, 0.6) is 0 Å². The standard InChI is InChI=1S/C21H13N3O2.Cu/c25-24(26)14-11-9-13(10-12-14)21-22-19-17-7-3-1-5-15(17)16-6-2-4-8-18(16)20(19)23-21;/h1-12H,(H,22,23);/q;+2. The van der Waals surface area contributed by atoms with E-state index in [2.05, 4.69) is 29.2 Å². The van der Waals surface area contributed by atoms with Gasteiger partial charge in [-0.3, -0.25) is 10.1 Å². The number of H-pyrrole nitrogens is 1. The maximum atomic E-state index is 10.9. The normalized spacial score (nSPS) is 11.0. The van der Waals surface area contributed by atoms with Crippen LogP contribution in [-0.4, -0.2) is 14.9 Å². The summed E-state index contributed by atoms with van der Waals surface area (Å²) in [5, 5.41) is 15.4. The third-order valence-electron chi connectivity index (χ3n) is 4.72. The SMILES string of the molecule is O=[N+]([O-])c1ccc(-c2nc3c4ccccc4c4ccccc4c3[nH]2)cc1.[Cu+2]. The third kappa shape index (κ3) is 2.67. The summed E-state index contributed by atoms with van der Waals surface area (Å²) < 4.78 is 0. The van der Waals surface area contributed by atoms with E-state index in [-0.39, 0.29) is 22.8 Å². The van der Waals surface area contributed by atoms with Gasteiger partial charge in [-0.15, -0.1) is 0 Å². The predicted molar refractivity (Wildman–Crippen MR) is 103 cm³/mol. The monoisotopic (exact) mass is 402 g/mol. The number of imidazole rings is 1. The molecule has 0 aliphatic rings. The summed E-state index contributed by atoms with van der Waals surface area (Å²) in [6.45, 7) is 0. The summed E-state index contributed by atoms with van der Waals surface area (Å²) >= 11 is 0. The number of non-ortho nitro benzene ring substituents is 1. The van der Waals surface area contributed by atoms with Crippen LogP contribution in [0.4, 0.5) is 5.69 Å². The van der Waals surface area contributed by atoms with Gasteiger partial charge in [0.25, 0.3) is 5.69 Å². The Balaban J connectivity index is 0.00000180. The van der Waals surface area contributed by atoms with E-state index in [0.29, 0.717) is 5.82 Å². The van der Waals surface area contributed by atoms with Crippen LogP contribution in [0.15, 0.2) is 72.8 Å². The Hall–Kier alpha value is -3.21. The van der Waals surface area contributed by atoms with Crippen molar-refractivity contribution >= 4 is 38.3 Å². The van der Waals surface area contributed by atoms with Crippen LogP contribution in [0, 0.1) is 10.1 Å². The summed E-state index contributed by atoms with van der Waals surface area (Å²) in [7, 11) is 0. The van der Waals surface area contributed by atoms with E-state index in [1.54, 1.807) is 12.1 Å². The van der Waals surface area contributed by atoms with Gasteiger partial charge in [0.15, 0.2) is 0 Å². The fourth-order valence-electron chi connectivity index (χ4n) is 3.50. The molecule has 1 radical (unpaired) electrons. The van der Waals surface area contributed by atoms with Crippen molar-refractivity contribution in [1.29, 1.82) is 0 Å². The van der Waals surface area contributed by atoms with Gasteiger partial charge in [0, 0.05) is 28.5 Å². The maximum Gasteiger partial charge on any atom is 2.00 e. The van der Waals surface area contributed by atoms with E-state index in [4.69, 9.17) is 4.98 Å². The summed E-state index contributed by atoms with van der Waals surface area (Å²) in [5.41, 5.74) is 2.78. The van der Waals surface area contributed by atoms with E-state index >= 15 is 0 Å². The van der Waals surface area contributed by atoms with Crippen molar-refractivity contribution in [1.82, 2.24) is 9.97 Å². The molecule has 0 bridgehead atoms. The molecule has 133 valence electrons. The van der Waals surface area contributed by atoms with Gasteiger partial charge in [0.05, 0.1) is 16.0 Å². The van der Waals surface area contributed by atoms with Gasteiger partial charge in [-0.05, 0) is 22.9 Å². The summed E-state index contributed by atoms with van der Waals surface area (Å²) in [4.78, 5) is 18.7. The smallest absolute Gasteiger partial charge is 0.337 e. The van der Waals surface area contributed by atoms with Crippen LogP contribution in [0.1, 0.15) is 0 Å². The number of hydrogen-bond donors (Lipinski definition) is 1. The molecule has 0 amide bonds. The Labute approximate surface area is 164 Å². The molecule has 4 aromatic carbocycles. The van der Waals surface area contributed by atoms with Crippen molar-refractivity contribution in [3.8, 4) is 11.4 Å². The van der Waals surface area contributed by atoms with Crippen LogP contribution in [0.2, 0.25) is 0 Å². The van der Waals surface area contributed by atoms with Gasteiger partial charge in [0.1, 0.15) is 5.82 Å². The number of nitrogens with one attached hydrogen (secondary N) is 1. The van der Waals surface area contributed by atoms with Gasteiger partial charge in [-0.25, -0.2) is 4.98 Å². The number of benzene rings is 4. The van der Waals surface area contributed by atoms with Crippen molar-refractivity contribution in [2.75, 3.05) is 0 Å². The van der Waals surface area contributed by atoms with Crippen LogP contribution in [-0.2, 0) is 17.1 Å². The number of rotatable bonds is 2. The number of fused-ring (bicyclic) bond motifs is 6. The first kappa shape index (κ1) is 17.2. The molecule has 1 N–H and O–H groups in total. The Kier molecular flexibility index (Phi) is 4.15. The van der Waals surface area contributed by atoms with Crippen LogP contribution in [0.25, 0.3) is 44.0 Å². The molecule has 5 nitrogen and oxygen atoms in total. The minimum atomic E-state index is -0.399. The molecule has 6 heteroatoms. The van der Waals surface area contributed by atoms with Crippen molar-refractivity contribution in [3.63, 3.8) is 0 Å². The molecule has 0 atom stereocenters. The van der Waals surface area contributed by atoms with Gasteiger partial charge < -0.3 is 4.98 Å². The number of nitro benzene ring substituents is 1. The number of nitro groups is 1. The molecule has 0 spiro atoms. The van der Waals surface area contributed by atoms with Crippen LogP contribution >= 0.6 is 0 Å². The molecule has 1 heterocycles. The van der Waals surface area contributed by atoms with Crippen LogP contribution < -0.4 is 0 Å². The quantitative estimate of drug-likeness (QED) is 0.185. The molecule has 0 unspecified atom stereocenters. The zero-order valence-corrected chi connectivity index (χ0v) is 14.9. The average molecular weight is 403 g/mol. The van der Waals surface area contributed by atoms with Crippen molar-refractivity contribution in [3.05, 3.63) is 82.9 Å². The number of aromatic nitrogens is 2. The van der Waals surface area contributed by atoms with Crippen molar-refractivity contribution in [2.24, 2.45) is 0 Å². The third-order valence-corrected chi connectivity index (χ3v) is 4.72. The minimum Gasteiger partial charge on any atom is -0.337 e. The second-order valence-corrected chi connectivity index (χ2v) is 6.20. The Bertz CT molecular complexity index is 1240. The molecule has 5 rings (SSSR count). The van der Waals surface area contributed by atoms with Crippen molar-refractivity contribution < 1.29 is 22.0 Å². The first-order valence-electron chi connectivity index (χ1n) is 8.26. The molecule has 0 saturated carbocycles. The fourth-order valence-corrected chi connectivity index (χ4v) is 3.50. The minimum absolute atomic E-state index is 0. The predicted octanol–water partition coefficient (Wildman–Crippen LogP) is 5.44. The topological polar surface area (TPSA) is 71.8 Å². The first-order valence-corrected chi connectivity index (χ1v) is 8.26. The summed E-state index contributed by atoms with van der Waals surface area (Å²) in [6.07, 6.45) is 0. The Morgan fingerprint density at radius 1 is 0.778 bits per heavy atom. The van der Waals surface area contributed by atoms with Gasteiger partial charge in [-0.2, -0.15) is 0 Å². The summed E-state index contributed by atoms with van der Waals surface area (Å²) in [6, 6.07) is 22.9. The van der Waals surface area contributed by atoms with E-state index in [0.717, 1.165) is 32.8 Å². The molecule has 0 aliphatic carbocycles.